The molecular weight excluding hydrogens is 350 g/mol. The Morgan fingerprint density at radius 3 is 2.46 bits per heavy atom. The SMILES string of the molecule is O=C(O)c1ccc(C2Nc3cc4c(cc3C3OCCCC23)C2CCCC42)cc1. The fraction of sp³-hybridized carbons (Fsp3) is 0.458. The summed E-state index contributed by atoms with van der Waals surface area (Å²) in [5.74, 6) is 1.05. The molecular formula is C24H25NO3. The van der Waals surface area contributed by atoms with Crippen LogP contribution in [0, 0.1) is 5.92 Å². The Morgan fingerprint density at radius 1 is 0.964 bits per heavy atom. The van der Waals surface area contributed by atoms with Gasteiger partial charge in [0.1, 0.15) is 0 Å². The molecule has 0 amide bonds. The second-order valence-electron chi connectivity index (χ2n) is 8.86. The van der Waals surface area contributed by atoms with Gasteiger partial charge in [0.2, 0.25) is 0 Å². The first-order valence-corrected chi connectivity index (χ1v) is 10.6. The van der Waals surface area contributed by atoms with Crippen molar-refractivity contribution in [3.63, 3.8) is 0 Å². The minimum absolute atomic E-state index is 0.139. The molecule has 2 N–H and O–H groups in total. The van der Waals surface area contributed by atoms with Crippen molar-refractivity contribution in [2.75, 3.05) is 11.9 Å². The maximum absolute atomic E-state index is 11.2. The van der Waals surface area contributed by atoms with Gasteiger partial charge in [-0.05, 0) is 72.4 Å². The van der Waals surface area contributed by atoms with Crippen LogP contribution in [0.5, 0.6) is 0 Å². The van der Waals surface area contributed by atoms with Crippen molar-refractivity contribution in [3.05, 3.63) is 64.2 Å². The second kappa shape index (κ2) is 6.08. The number of fused-ring (bicyclic) bond motifs is 7. The molecule has 6 rings (SSSR count). The Hall–Kier alpha value is -2.33. The Labute approximate surface area is 164 Å². The topological polar surface area (TPSA) is 58.6 Å². The van der Waals surface area contributed by atoms with Crippen LogP contribution in [0.15, 0.2) is 36.4 Å². The Kier molecular flexibility index (Phi) is 3.61. The van der Waals surface area contributed by atoms with Gasteiger partial charge in [0.05, 0.1) is 17.7 Å². The summed E-state index contributed by atoms with van der Waals surface area (Å²) < 4.78 is 6.32. The van der Waals surface area contributed by atoms with E-state index in [1.54, 1.807) is 23.3 Å². The lowest BCUT2D eigenvalue weighted by atomic mass is 9.67. The first-order valence-electron chi connectivity index (χ1n) is 10.6. The van der Waals surface area contributed by atoms with E-state index >= 15 is 0 Å². The highest BCUT2D eigenvalue weighted by Crippen LogP contribution is 2.59. The largest absolute Gasteiger partial charge is 0.478 e. The van der Waals surface area contributed by atoms with Crippen LogP contribution in [-0.4, -0.2) is 17.7 Å². The van der Waals surface area contributed by atoms with Gasteiger partial charge in [-0.1, -0.05) is 24.6 Å². The van der Waals surface area contributed by atoms with Gasteiger partial charge in [-0.2, -0.15) is 0 Å². The van der Waals surface area contributed by atoms with E-state index in [1.807, 2.05) is 12.1 Å². The zero-order valence-electron chi connectivity index (χ0n) is 15.9. The normalized spacial score (nSPS) is 32.2. The molecule has 4 heteroatoms. The zero-order valence-corrected chi connectivity index (χ0v) is 15.9. The second-order valence-corrected chi connectivity index (χ2v) is 8.86. The number of aromatic carboxylic acids is 1. The maximum atomic E-state index is 11.2. The minimum Gasteiger partial charge on any atom is -0.478 e. The van der Waals surface area contributed by atoms with Crippen molar-refractivity contribution < 1.29 is 14.6 Å². The van der Waals surface area contributed by atoms with Gasteiger partial charge in [0.25, 0.3) is 0 Å². The highest BCUT2D eigenvalue weighted by atomic mass is 16.5. The molecule has 2 aliphatic heterocycles. The lowest BCUT2D eigenvalue weighted by Crippen LogP contribution is -2.37. The van der Waals surface area contributed by atoms with Crippen LogP contribution in [0.2, 0.25) is 0 Å². The number of anilines is 1. The van der Waals surface area contributed by atoms with E-state index in [4.69, 9.17) is 4.74 Å². The first-order chi connectivity index (χ1) is 13.7. The van der Waals surface area contributed by atoms with E-state index in [9.17, 15) is 9.90 Å². The molecule has 5 unspecified atom stereocenters. The molecule has 0 radical (unpaired) electrons. The van der Waals surface area contributed by atoms with Crippen molar-refractivity contribution >= 4 is 11.7 Å². The van der Waals surface area contributed by atoms with E-state index in [1.165, 1.54) is 30.5 Å². The molecule has 0 aromatic heterocycles. The Morgan fingerprint density at radius 2 is 1.71 bits per heavy atom. The molecule has 144 valence electrons. The van der Waals surface area contributed by atoms with Crippen LogP contribution in [-0.2, 0) is 4.74 Å². The van der Waals surface area contributed by atoms with E-state index in [2.05, 4.69) is 17.4 Å². The van der Waals surface area contributed by atoms with Crippen molar-refractivity contribution in [3.8, 4) is 0 Å². The number of rotatable bonds is 2. The number of benzene rings is 2. The summed E-state index contributed by atoms with van der Waals surface area (Å²) in [6.45, 7) is 0.828. The Balaban J connectivity index is 1.40. The molecule has 1 saturated carbocycles. The predicted octanol–water partition coefficient (Wildman–Crippen LogP) is 5.38. The van der Waals surface area contributed by atoms with E-state index < -0.39 is 5.97 Å². The Bertz CT molecular complexity index is 951. The summed E-state index contributed by atoms with van der Waals surface area (Å²) in [7, 11) is 0. The molecule has 4 aliphatic rings. The van der Waals surface area contributed by atoms with Crippen LogP contribution in [0.1, 0.15) is 88.7 Å². The fourth-order valence-corrected chi connectivity index (χ4v) is 6.17. The number of hydrogen-bond acceptors (Lipinski definition) is 3. The van der Waals surface area contributed by atoms with Gasteiger partial charge in [0.15, 0.2) is 0 Å². The number of carboxylic acid groups (broad SMARTS) is 1. The van der Waals surface area contributed by atoms with E-state index in [-0.39, 0.29) is 12.1 Å². The molecule has 2 heterocycles. The standard InChI is InChI=1S/C24H25NO3/c26-24(27)14-8-6-13(7-9-14)22-17-5-2-10-28-23(17)20-11-18-15-3-1-4-16(15)19(18)12-21(20)25-22/h6-9,11-12,15-17,22-23,25H,1-5,10H2,(H,26,27). The van der Waals surface area contributed by atoms with Crippen LogP contribution < -0.4 is 5.32 Å². The molecule has 2 aliphatic carbocycles. The quantitative estimate of drug-likeness (QED) is 0.739. The molecule has 2 aromatic carbocycles. The van der Waals surface area contributed by atoms with Crippen molar-refractivity contribution in [2.45, 2.75) is 56.1 Å². The maximum Gasteiger partial charge on any atom is 0.335 e. The van der Waals surface area contributed by atoms with Gasteiger partial charge in [0, 0.05) is 23.8 Å². The van der Waals surface area contributed by atoms with Gasteiger partial charge < -0.3 is 15.2 Å². The molecule has 4 nitrogen and oxygen atoms in total. The highest BCUT2D eigenvalue weighted by Gasteiger charge is 2.45. The van der Waals surface area contributed by atoms with Crippen molar-refractivity contribution in [1.82, 2.24) is 0 Å². The van der Waals surface area contributed by atoms with Crippen LogP contribution >= 0.6 is 0 Å². The lowest BCUT2D eigenvalue weighted by molar-refractivity contribution is -0.0382. The average Bonchev–Trinajstić information content (AvgIpc) is 3.15. The highest BCUT2D eigenvalue weighted by molar-refractivity contribution is 5.87. The molecule has 5 atom stereocenters. The monoisotopic (exact) mass is 375 g/mol. The summed E-state index contributed by atoms with van der Waals surface area (Å²) >= 11 is 0. The van der Waals surface area contributed by atoms with Gasteiger partial charge in [-0.3, -0.25) is 0 Å². The summed E-state index contributed by atoms with van der Waals surface area (Å²) in [5, 5.41) is 13.0. The number of nitrogens with one attached hydrogen (secondary N) is 1. The van der Waals surface area contributed by atoms with E-state index in [0.717, 1.165) is 36.8 Å². The average molecular weight is 375 g/mol. The molecule has 0 bridgehead atoms. The van der Waals surface area contributed by atoms with Gasteiger partial charge in [-0.15, -0.1) is 0 Å². The summed E-state index contributed by atoms with van der Waals surface area (Å²) in [6, 6.07) is 12.4. The fourth-order valence-electron chi connectivity index (χ4n) is 6.17. The minimum atomic E-state index is -0.877. The first kappa shape index (κ1) is 16.6. The summed E-state index contributed by atoms with van der Waals surface area (Å²) in [4.78, 5) is 11.2. The van der Waals surface area contributed by atoms with Gasteiger partial charge >= 0.3 is 5.97 Å². The molecule has 0 spiro atoms. The lowest BCUT2D eigenvalue weighted by Gasteiger charge is -2.45. The third kappa shape index (κ3) is 2.30. The summed E-state index contributed by atoms with van der Waals surface area (Å²) in [6.07, 6.45) is 6.38. The van der Waals surface area contributed by atoms with E-state index in [0.29, 0.717) is 11.5 Å². The van der Waals surface area contributed by atoms with Gasteiger partial charge in [-0.25, -0.2) is 4.79 Å². The third-order valence-electron chi connectivity index (χ3n) is 7.50. The van der Waals surface area contributed by atoms with Crippen LogP contribution in [0.3, 0.4) is 0 Å². The number of carbonyl (C=O) groups is 1. The van der Waals surface area contributed by atoms with Crippen LogP contribution in [0.25, 0.3) is 0 Å². The number of ether oxygens (including phenoxy) is 1. The molecule has 2 fully saturated rings. The molecule has 2 aromatic rings. The summed E-state index contributed by atoms with van der Waals surface area (Å²) in [5.41, 5.74) is 7.16. The zero-order chi connectivity index (χ0) is 18.8. The van der Waals surface area contributed by atoms with Crippen molar-refractivity contribution in [1.29, 1.82) is 0 Å². The smallest absolute Gasteiger partial charge is 0.335 e. The van der Waals surface area contributed by atoms with Crippen LogP contribution in [0.4, 0.5) is 5.69 Å². The molecule has 28 heavy (non-hydrogen) atoms. The van der Waals surface area contributed by atoms with Crippen molar-refractivity contribution in [2.24, 2.45) is 5.92 Å². The molecule has 1 saturated heterocycles. The predicted molar refractivity (Wildman–Crippen MR) is 107 cm³/mol. The third-order valence-corrected chi connectivity index (χ3v) is 7.50. The number of carboxylic acids is 1. The number of hydrogen-bond donors (Lipinski definition) is 2.